The SMILES string of the molecule is Cc1cc(C)c(NC2=CC(=O)CC(C)(C)C2)c(C#N)c1.[Cl-]. The summed E-state index contributed by atoms with van der Waals surface area (Å²) in [4.78, 5) is 11.8. The predicted molar refractivity (Wildman–Crippen MR) is 80.4 cm³/mol. The third-order valence-corrected chi connectivity index (χ3v) is 3.54. The Labute approximate surface area is 132 Å². The average molecular weight is 304 g/mol. The Morgan fingerprint density at radius 3 is 2.48 bits per heavy atom. The van der Waals surface area contributed by atoms with Gasteiger partial charge >= 0.3 is 0 Å². The summed E-state index contributed by atoms with van der Waals surface area (Å²) in [6.07, 6.45) is 3.07. The number of nitrogens with one attached hydrogen (secondary N) is 1. The highest BCUT2D eigenvalue weighted by Crippen LogP contribution is 2.35. The van der Waals surface area contributed by atoms with Crippen LogP contribution in [0, 0.1) is 30.6 Å². The number of benzene rings is 1. The maximum atomic E-state index is 11.8. The van der Waals surface area contributed by atoms with Gasteiger partial charge in [-0.15, -0.1) is 0 Å². The van der Waals surface area contributed by atoms with Crippen molar-refractivity contribution in [3.05, 3.63) is 40.6 Å². The third-order valence-electron chi connectivity index (χ3n) is 3.54. The molecule has 112 valence electrons. The molecule has 1 aromatic carbocycles. The predicted octanol–water partition coefficient (Wildman–Crippen LogP) is 0.864. The molecule has 0 amide bonds. The average Bonchev–Trinajstić information content (AvgIpc) is 2.29. The molecular weight excluding hydrogens is 284 g/mol. The molecule has 0 bridgehead atoms. The topological polar surface area (TPSA) is 52.9 Å². The van der Waals surface area contributed by atoms with Crippen LogP contribution in [-0.4, -0.2) is 5.78 Å². The van der Waals surface area contributed by atoms with Gasteiger partial charge in [-0.25, -0.2) is 0 Å². The molecule has 4 heteroatoms. The molecule has 1 aliphatic carbocycles. The van der Waals surface area contributed by atoms with E-state index in [0.717, 1.165) is 28.9 Å². The second-order valence-electron chi connectivity index (χ2n) is 6.39. The molecule has 0 fully saturated rings. The van der Waals surface area contributed by atoms with Crippen molar-refractivity contribution in [1.82, 2.24) is 0 Å². The number of ketones is 1. The van der Waals surface area contributed by atoms with Crippen molar-refractivity contribution in [2.24, 2.45) is 5.41 Å². The number of allylic oxidation sites excluding steroid dienone is 2. The van der Waals surface area contributed by atoms with Crippen LogP contribution < -0.4 is 17.7 Å². The fraction of sp³-hybridized carbons (Fsp3) is 0.412. The van der Waals surface area contributed by atoms with Crippen molar-refractivity contribution < 1.29 is 17.2 Å². The summed E-state index contributed by atoms with van der Waals surface area (Å²) in [6.45, 7) is 8.14. The van der Waals surface area contributed by atoms with Crippen molar-refractivity contribution in [1.29, 1.82) is 5.26 Å². The number of anilines is 1. The van der Waals surface area contributed by atoms with E-state index < -0.39 is 0 Å². The molecule has 3 nitrogen and oxygen atoms in total. The molecule has 0 heterocycles. The van der Waals surface area contributed by atoms with E-state index in [-0.39, 0.29) is 23.6 Å². The molecule has 0 unspecified atom stereocenters. The Morgan fingerprint density at radius 1 is 1.24 bits per heavy atom. The van der Waals surface area contributed by atoms with Gasteiger partial charge in [0.15, 0.2) is 5.78 Å². The number of nitriles is 1. The van der Waals surface area contributed by atoms with Crippen LogP contribution in [-0.2, 0) is 4.79 Å². The van der Waals surface area contributed by atoms with E-state index in [4.69, 9.17) is 0 Å². The second-order valence-corrected chi connectivity index (χ2v) is 6.39. The van der Waals surface area contributed by atoms with Crippen LogP contribution >= 0.6 is 0 Å². The summed E-state index contributed by atoms with van der Waals surface area (Å²) in [5, 5.41) is 12.6. The normalized spacial score (nSPS) is 16.5. The Balaban J connectivity index is 0.00000220. The van der Waals surface area contributed by atoms with Gasteiger partial charge in [0.05, 0.1) is 11.3 Å². The molecule has 1 aromatic rings. The third kappa shape index (κ3) is 4.09. The fourth-order valence-electron chi connectivity index (χ4n) is 2.81. The van der Waals surface area contributed by atoms with E-state index in [1.54, 1.807) is 6.08 Å². The fourth-order valence-corrected chi connectivity index (χ4v) is 2.81. The Kier molecular flexibility index (Phi) is 5.20. The van der Waals surface area contributed by atoms with Gasteiger partial charge in [0.2, 0.25) is 0 Å². The minimum atomic E-state index is -0.0282. The molecule has 0 spiro atoms. The number of rotatable bonds is 2. The number of aryl methyl sites for hydroxylation is 2. The number of halogens is 1. The largest absolute Gasteiger partial charge is 1.00 e. The van der Waals surface area contributed by atoms with Crippen molar-refractivity contribution in [2.45, 2.75) is 40.5 Å². The number of hydrogen-bond acceptors (Lipinski definition) is 3. The molecule has 0 atom stereocenters. The van der Waals surface area contributed by atoms with Crippen LogP contribution in [0.1, 0.15) is 43.4 Å². The van der Waals surface area contributed by atoms with Crippen molar-refractivity contribution in [3.8, 4) is 6.07 Å². The Hall–Kier alpha value is -1.79. The van der Waals surface area contributed by atoms with Crippen LogP contribution in [0.15, 0.2) is 23.9 Å². The van der Waals surface area contributed by atoms with Crippen molar-refractivity contribution in [2.75, 3.05) is 5.32 Å². The molecular formula is C17H20ClN2O-. The first-order valence-electron chi connectivity index (χ1n) is 6.82. The zero-order chi connectivity index (χ0) is 14.9. The molecule has 0 saturated heterocycles. The second kappa shape index (κ2) is 6.32. The summed E-state index contributed by atoms with van der Waals surface area (Å²) in [7, 11) is 0. The summed E-state index contributed by atoms with van der Waals surface area (Å²) in [5.74, 6) is 0.145. The lowest BCUT2D eigenvalue weighted by molar-refractivity contribution is -0.117. The van der Waals surface area contributed by atoms with Gasteiger partial charge in [-0.05, 0) is 42.9 Å². The molecule has 0 saturated carbocycles. The maximum Gasteiger partial charge on any atom is 0.157 e. The quantitative estimate of drug-likeness (QED) is 0.882. The lowest BCUT2D eigenvalue weighted by Gasteiger charge is -2.29. The van der Waals surface area contributed by atoms with Gasteiger partial charge in [0, 0.05) is 18.2 Å². The summed E-state index contributed by atoms with van der Waals surface area (Å²) in [5.41, 5.74) is 4.40. The van der Waals surface area contributed by atoms with E-state index in [0.29, 0.717) is 12.0 Å². The molecule has 1 N–H and O–H groups in total. The maximum absolute atomic E-state index is 11.8. The van der Waals surface area contributed by atoms with Crippen LogP contribution in [0.3, 0.4) is 0 Å². The number of carbonyl (C=O) groups is 1. The highest BCUT2D eigenvalue weighted by atomic mass is 35.5. The molecule has 0 aromatic heterocycles. The van der Waals surface area contributed by atoms with E-state index in [9.17, 15) is 10.1 Å². The first-order valence-corrected chi connectivity index (χ1v) is 6.82. The highest BCUT2D eigenvalue weighted by Gasteiger charge is 2.27. The van der Waals surface area contributed by atoms with E-state index >= 15 is 0 Å². The monoisotopic (exact) mass is 303 g/mol. The first kappa shape index (κ1) is 17.3. The Bertz CT molecular complexity index is 639. The van der Waals surface area contributed by atoms with Gasteiger partial charge < -0.3 is 17.7 Å². The summed E-state index contributed by atoms with van der Waals surface area (Å²) >= 11 is 0. The van der Waals surface area contributed by atoms with Crippen LogP contribution in [0.5, 0.6) is 0 Å². The zero-order valence-corrected chi connectivity index (χ0v) is 13.6. The zero-order valence-electron chi connectivity index (χ0n) is 12.9. The minimum absolute atomic E-state index is 0. The van der Waals surface area contributed by atoms with Crippen molar-refractivity contribution >= 4 is 11.5 Å². The number of nitrogens with zero attached hydrogens (tertiary/aromatic N) is 1. The lowest BCUT2D eigenvalue weighted by atomic mass is 9.79. The standard InChI is InChI=1S/C17H20N2O.ClH/c1-11-5-12(2)16(13(6-11)10-18)19-14-7-15(20)9-17(3,4)8-14;/h5-7,19H,8-9H2,1-4H3;1H/p-1. The van der Waals surface area contributed by atoms with Crippen LogP contribution in [0.25, 0.3) is 0 Å². The lowest BCUT2D eigenvalue weighted by Crippen LogP contribution is -3.00. The van der Waals surface area contributed by atoms with Gasteiger partial charge in [0.1, 0.15) is 6.07 Å². The molecule has 1 aliphatic rings. The molecule has 0 radical (unpaired) electrons. The molecule has 21 heavy (non-hydrogen) atoms. The highest BCUT2D eigenvalue weighted by molar-refractivity contribution is 5.92. The summed E-state index contributed by atoms with van der Waals surface area (Å²) in [6, 6.07) is 6.13. The van der Waals surface area contributed by atoms with E-state index in [2.05, 4.69) is 25.2 Å². The first-order chi connectivity index (χ1) is 9.30. The van der Waals surface area contributed by atoms with Gasteiger partial charge in [-0.3, -0.25) is 4.79 Å². The molecule has 2 rings (SSSR count). The van der Waals surface area contributed by atoms with Gasteiger partial charge in [-0.2, -0.15) is 5.26 Å². The summed E-state index contributed by atoms with van der Waals surface area (Å²) < 4.78 is 0. The number of carbonyl (C=O) groups excluding carboxylic acids is 1. The smallest absolute Gasteiger partial charge is 0.157 e. The van der Waals surface area contributed by atoms with Crippen LogP contribution in [0.4, 0.5) is 5.69 Å². The van der Waals surface area contributed by atoms with E-state index in [1.807, 2.05) is 26.0 Å². The van der Waals surface area contributed by atoms with Crippen LogP contribution in [0.2, 0.25) is 0 Å². The minimum Gasteiger partial charge on any atom is -1.00 e. The Morgan fingerprint density at radius 2 is 1.90 bits per heavy atom. The molecule has 0 aliphatic heterocycles. The van der Waals surface area contributed by atoms with Crippen molar-refractivity contribution in [3.63, 3.8) is 0 Å². The van der Waals surface area contributed by atoms with E-state index in [1.165, 1.54) is 0 Å². The van der Waals surface area contributed by atoms with Gasteiger partial charge in [-0.1, -0.05) is 19.9 Å². The van der Waals surface area contributed by atoms with Gasteiger partial charge in [0.25, 0.3) is 0 Å². The number of hydrogen-bond donors (Lipinski definition) is 1.